The second-order valence-electron chi connectivity index (χ2n) is 4.93. The van der Waals surface area contributed by atoms with Crippen molar-refractivity contribution in [3.05, 3.63) is 53.1 Å². The summed E-state index contributed by atoms with van der Waals surface area (Å²) in [5.41, 5.74) is -0.288. The Labute approximate surface area is 137 Å². The number of phenols is 1. The molecule has 0 atom stereocenters. The third-order valence-corrected chi connectivity index (χ3v) is 4.73. The summed E-state index contributed by atoms with van der Waals surface area (Å²) < 4.78 is 27.0. The number of carboxylic acid groups (broad SMARTS) is 2. The van der Waals surface area contributed by atoms with Gasteiger partial charge in [0.1, 0.15) is 11.3 Å². The van der Waals surface area contributed by atoms with Gasteiger partial charge in [0.2, 0.25) is 0 Å². The van der Waals surface area contributed by atoms with Crippen molar-refractivity contribution in [2.75, 3.05) is 4.72 Å². The SMILES string of the molecule is Cc1ccc(C(=O)O)cc1S(=O)(=O)Nc1ccc(C(=O)O)c(O)c1. The fourth-order valence-corrected chi connectivity index (χ4v) is 3.33. The van der Waals surface area contributed by atoms with Gasteiger partial charge in [-0.3, -0.25) is 4.72 Å². The lowest BCUT2D eigenvalue weighted by atomic mass is 10.1. The van der Waals surface area contributed by atoms with Crippen LogP contribution in [0.4, 0.5) is 5.69 Å². The maximum atomic E-state index is 12.4. The van der Waals surface area contributed by atoms with Crippen LogP contribution in [0.2, 0.25) is 0 Å². The molecule has 0 heterocycles. The van der Waals surface area contributed by atoms with Crippen molar-refractivity contribution >= 4 is 27.6 Å². The molecule has 24 heavy (non-hydrogen) atoms. The van der Waals surface area contributed by atoms with E-state index in [9.17, 15) is 23.1 Å². The quantitative estimate of drug-likeness (QED) is 0.644. The number of hydrogen-bond donors (Lipinski definition) is 4. The van der Waals surface area contributed by atoms with Crippen LogP contribution in [-0.4, -0.2) is 35.7 Å². The molecule has 0 aliphatic carbocycles. The van der Waals surface area contributed by atoms with Gasteiger partial charge in [-0.15, -0.1) is 0 Å². The van der Waals surface area contributed by atoms with Crippen LogP contribution >= 0.6 is 0 Å². The molecule has 126 valence electrons. The molecule has 2 aromatic carbocycles. The number of aryl methyl sites for hydroxylation is 1. The Hall–Kier alpha value is -3.07. The van der Waals surface area contributed by atoms with Crippen molar-refractivity contribution in [3.63, 3.8) is 0 Å². The molecule has 0 bridgehead atoms. The smallest absolute Gasteiger partial charge is 0.339 e. The van der Waals surface area contributed by atoms with Crippen LogP contribution in [0.5, 0.6) is 5.75 Å². The number of hydrogen-bond acceptors (Lipinski definition) is 5. The Bertz CT molecular complexity index is 935. The highest BCUT2D eigenvalue weighted by Gasteiger charge is 2.20. The predicted octanol–water partition coefficient (Wildman–Crippen LogP) is 1.90. The first-order valence-electron chi connectivity index (χ1n) is 6.55. The number of benzene rings is 2. The molecule has 0 fully saturated rings. The van der Waals surface area contributed by atoms with Crippen molar-refractivity contribution in [1.82, 2.24) is 0 Å². The monoisotopic (exact) mass is 351 g/mol. The summed E-state index contributed by atoms with van der Waals surface area (Å²) in [5.74, 6) is -3.22. The van der Waals surface area contributed by atoms with E-state index in [1.807, 2.05) is 0 Å². The number of carboxylic acids is 2. The van der Waals surface area contributed by atoms with E-state index in [0.717, 1.165) is 18.2 Å². The van der Waals surface area contributed by atoms with Gasteiger partial charge in [-0.05, 0) is 36.8 Å². The van der Waals surface area contributed by atoms with Gasteiger partial charge in [0.05, 0.1) is 16.1 Å². The van der Waals surface area contributed by atoms with E-state index in [-0.39, 0.29) is 21.7 Å². The van der Waals surface area contributed by atoms with Gasteiger partial charge in [-0.1, -0.05) is 6.07 Å². The van der Waals surface area contributed by atoms with E-state index < -0.39 is 27.7 Å². The topological polar surface area (TPSA) is 141 Å². The molecule has 0 spiro atoms. The fraction of sp³-hybridized carbons (Fsp3) is 0.0667. The van der Waals surface area contributed by atoms with Crippen LogP contribution in [0.3, 0.4) is 0 Å². The summed E-state index contributed by atoms with van der Waals surface area (Å²) in [4.78, 5) is 21.6. The van der Waals surface area contributed by atoms with Gasteiger partial charge in [0.15, 0.2) is 0 Å². The highest BCUT2D eigenvalue weighted by atomic mass is 32.2. The molecule has 2 aromatic rings. The molecule has 0 aromatic heterocycles. The van der Waals surface area contributed by atoms with E-state index in [4.69, 9.17) is 10.2 Å². The summed E-state index contributed by atoms with van der Waals surface area (Å²) in [6.45, 7) is 1.51. The van der Waals surface area contributed by atoms with E-state index >= 15 is 0 Å². The molecule has 0 aliphatic rings. The normalized spacial score (nSPS) is 11.0. The summed E-state index contributed by atoms with van der Waals surface area (Å²) in [6, 6.07) is 6.85. The van der Waals surface area contributed by atoms with E-state index in [2.05, 4.69) is 4.72 Å². The van der Waals surface area contributed by atoms with Gasteiger partial charge < -0.3 is 15.3 Å². The zero-order valence-electron chi connectivity index (χ0n) is 12.3. The van der Waals surface area contributed by atoms with Gasteiger partial charge in [0, 0.05) is 6.07 Å². The number of carbonyl (C=O) groups is 2. The van der Waals surface area contributed by atoms with Crippen LogP contribution in [0.25, 0.3) is 0 Å². The molecule has 8 nitrogen and oxygen atoms in total. The van der Waals surface area contributed by atoms with Crippen molar-refractivity contribution in [2.45, 2.75) is 11.8 Å². The van der Waals surface area contributed by atoms with Gasteiger partial charge in [0.25, 0.3) is 10.0 Å². The van der Waals surface area contributed by atoms with Crippen molar-refractivity contribution < 1.29 is 33.3 Å². The highest BCUT2D eigenvalue weighted by molar-refractivity contribution is 7.92. The Morgan fingerprint density at radius 1 is 1.00 bits per heavy atom. The van der Waals surface area contributed by atoms with E-state index in [0.29, 0.717) is 5.56 Å². The number of nitrogens with one attached hydrogen (secondary N) is 1. The summed E-state index contributed by atoms with van der Waals surface area (Å²) in [6.07, 6.45) is 0. The average molecular weight is 351 g/mol. The second kappa shape index (κ2) is 6.20. The minimum atomic E-state index is -4.12. The third kappa shape index (κ3) is 3.46. The standard InChI is InChI=1S/C15H13NO7S/c1-8-2-3-9(14(18)19)6-13(8)24(22,23)16-10-4-5-11(15(20)21)12(17)7-10/h2-7,16-17H,1H3,(H,18,19)(H,20,21). The lowest BCUT2D eigenvalue weighted by Gasteiger charge is -2.12. The lowest BCUT2D eigenvalue weighted by molar-refractivity contribution is 0.0684. The number of sulfonamides is 1. The Kier molecular flexibility index (Phi) is 4.47. The largest absolute Gasteiger partial charge is 0.507 e. The zero-order chi connectivity index (χ0) is 18.1. The highest BCUT2D eigenvalue weighted by Crippen LogP contribution is 2.25. The molecule has 9 heteroatoms. The minimum absolute atomic E-state index is 0.0578. The molecule has 0 amide bonds. The predicted molar refractivity (Wildman–Crippen MR) is 84.0 cm³/mol. The average Bonchev–Trinajstić information content (AvgIpc) is 2.46. The number of aromatic carboxylic acids is 2. The first-order valence-corrected chi connectivity index (χ1v) is 8.03. The summed E-state index contributed by atoms with van der Waals surface area (Å²) in [5, 5.41) is 27.4. The Balaban J connectivity index is 2.42. The molecule has 0 unspecified atom stereocenters. The first-order chi connectivity index (χ1) is 11.1. The maximum absolute atomic E-state index is 12.4. The Morgan fingerprint density at radius 2 is 1.67 bits per heavy atom. The molecule has 0 aliphatic heterocycles. The molecule has 2 rings (SSSR count). The van der Waals surface area contributed by atoms with E-state index in [1.54, 1.807) is 0 Å². The number of aromatic hydroxyl groups is 1. The lowest BCUT2D eigenvalue weighted by Crippen LogP contribution is -2.15. The molecular formula is C15H13NO7S. The van der Waals surface area contributed by atoms with Crippen molar-refractivity contribution in [3.8, 4) is 5.75 Å². The Morgan fingerprint density at radius 3 is 2.21 bits per heavy atom. The van der Waals surface area contributed by atoms with Gasteiger partial charge in [-0.25, -0.2) is 18.0 Å². The zero-order valence-corrected chi connectivity index (χ0v) is 13.2. The third-order valence-electron chi connectivity index (χ3n) is 3.20. The van der Waals surface area contributed by atoms with Crippen molar-refractivity contribution in [1.29, 1.82) is 0 Å². The fourth-order valence-electron chi connectivity index (χ4n) is 2.01. The molecular weight excluding hydrogens is 338 g/mol. The second-order valence-corrected chi connectivity index (χ2v) is 6.58. The summed E-state index contributed by atoms with van der Waals surface area (Å²) in [7, 11) is -4.12. The van der Waals surface area contributed by atoms with Gasteiger partial charge >= 0.3 is 11.9 Å². The number of rotatable bonds is 5. The molecule has 0 saturated carbocycles. The van der Waals surface area contributed by atoms with Crippen LogP contribution in [0, 0.1) is 6.92 Å². The maximum Gasteiger partial charge on any atom is 0.339 e. The van der Waals surface area contributed by atoms with Crippen LogP contribution < -0.4 is 4.72 Å². The summed E-state index contributed by atoms with van der Waals surface area (Å²) >= 11 is 0. The molecule has 0 saturated heterocycles. The first kappa shape index (κ1) is 17.3. The molecule has 0 radical (unpaired) electrons. The van der Waals surface area contributed by atoms with E-state index in [1.165, 1.54) is 25.1 Å². The minimum Gasteiger partial charge on any atom is -0.507 e. The molecule has 4 N–H and O–H groups in total. The van der Waals surface area contributed by atoms with Crippen molar-refractivity contribution in [2.24, 2.45) is 0 Å². The van der Waals surface area contributed by atoms with Gasteiger partial charge in [-0.2, -0.15) is 0 Å². The van der Waals surface area contributed by atoms with Crippen LogP contribution in [0.15, 0.2) is 41.3 Å². The van der Waals surface area contributed by atoms with Crippen LogP contribution in [-0.2, 0) is 10.0 Å². The number of anilines is 1. The van der Waals surface area contributed by atoms with Crippen LogP contribution in [0.1, 0.15) is 26.3 Å².